The van der Waals surface area contributed by atoms with Gasteiger partial charge in [0.05, 0.1) is 6.26 Å². The van der Waals surface area contributed by atoms with Crippen molar-refractivity contribution in [3.05, 3.63) is 46.7 Å². The Kier molecular flexibility index (Phi) is 7.39. The van der Waals surface area contributed by atoms with Gasteiger partial charge in [-0.2, -0.15) is 0 Å². The number of allylic oxidation sites excluding steroid dienone is 1. The highest BCUT2D eigenvalue weighted by Crippen LogP contribution is 2.23. The summed E-state index contributed by atoms with van der Waals surface area (Å²) in [5.41, 5.74) is 2.65. The molecule has 0 fully saturated rings. The average molecular weight is 311 g/mol. The van der Waals surface area contributed by atoms with Crippen LogP contribution in [0.5, 0.6) is 0 Å². The van der Waals surface area contributed by atoms with E-state index in [1.165, 1.54) is 29.3 Å². The van der Waals surface area contributed by atoms with Gasteiger partial charge in [-0.25, -0.2) is 0 Å². The lowest BCUT2D eigenvalue weighted by Crippen LogP contribution is -2.33. The third kappa shape index (κ3) is 5.33. The Balaban J connectivity index is 2.51. The topological polar surface area (TPSA) is 9.23 Å². The Bertz CT molecular complexity index is 413. The summed E-state index contributed by atoms with van der Waals surface area (Å²) in [4.78, 5) is 0. The molecule has 0 aliphatic carbocycles. The molecule has 0 aliphatic heterocycles. The van der Waals surface area contributed by atoms with E-state index in [0.29, 0.717) is 0 Å². The van der Waals surface area contributed by atoms with Crippen LogP contribution in [0.2, 0.25) is 23.2 Å². The summed E-state index contributed by atoms with van der Waals surface area (Å²) in [6.45, 7) is 8.94. The first-order chi connectivity index (χ1) is 9.55. The number of halogens is 1. The van der Waals surface area contributed by atoms with Gasteiger partial charge < -0.3 is 4.43 Å². The summed E-state index contributed by atoms with van der Waals surface area (Å²) in [5, 5.41) is 0.800. The van der Waals surface area contributed by atoms with Crippen molar-refractivity contribution in [2.24, 2.45) is 0 Å². The zero-order valence-corrected chi connectivity index (χ0v) is 15.0. The fourth-order valence-corrected chi connectivity index (χ4v) is 4.85. The van der Waals surface area contributed by atoms with E-state index in [4.69, 9.17) is 16.0 Å². The molecule has 0 unspecified atom stereocenters. The molecular weight excluding hydrogens is 284 g/mol. The largest absolute Gasteiger partial charge is 0.549 e. The summed E-state index contributed by atoms with van der Waals surface area (Å²) < 4.78 is 6.20. The fraction of sp³-hybridized carbons (Fsp3) is 0.529. The van der Waals surface area contributed by atoms with Crippen molar-refractivity contribution in [1.82, 2.24) is 0 Å². The van der Waals surface area contributed by atoms with Crippen LogP contribution in [0.1, 0.15) is 39.7 Å². The van der Waals surface area contributed by atoms with Gasteiger partial charge in [0.2, 0.25) is 8.32 Å². The van der Waals surface area contributed by atoms with Crippen molar-refractivity contribution in [3.8, 4) is 0 Å². The van der Waals surface area contributed by atoms with Crippen molar-refractivity contribution in [2.45, 2.75) is 58.7 Å². The van der Waals surface area contributed by atoms with Crippen LogP contribution >= 0.6 is 11.6 Å². The number of hydrogen-bond donors (Lipinski definition) is 0. The maximum absolute atomic E-state index is 6.20. The molecule has 0 bridgehead atoms. The lowest BCUT2D eigenvalue weighted by Gasteiger charge is -2.27. The standard InChI is InChI=1S/C17H27ClOSi/c1-5-20(6-2,7-3)19-14-15(4)8-9-16-10-12-17(18)13-11-16/h10-14H,5-9H2,1-4H3/b15-14+. The van der Waals surface area contributed by atoms with E-state index in [-0.39, 0.29) is 0 Å². The minimum atomic E-state index is -1.49. The first kappa shape index (κ1) is 17.3. The van der Waals surface area contributed by atoms with Crippen LogP contribution in [0.4, 0.5) is 0 Å². The van der Waals surface area contributed by atoms with Crippen LogP contribution in [0, 0.1) is 0 Å². The highest BCUT2D eigenvalue weighted by atomic mass is 35.5. The van der Waals surface area contributed by atoms with Crippen LogP contribution in [0.25, 0.3) is 0 Å². The highest BCUT2D eigenvalue weighted by Gasteiger charge is 2.29. The minimum Gasteiger partial charge on any atom is -0.549 e. The molecule has 0 aromatic heterocycles. The highest BCUT2D eigenvalue weighted by molar-refractivity contribution is 6.73. The fourth-order valence-electron chi connectivity index (χ4n) is 2.28. The molecule has 0 spiro atoms. The van der Waals surface area contributed by atoms with E-state index in [0.717, 1.165) is 17.9 Å². The van der Waals surface area contributed by atoms with Gasteiger partial charge in [0, 0.05) is 5.02 Å². The molecule has 1 rings (SSSR count). The van der Waals surface area contributed by atoms with E-state index < -0.39 is 8.32 Å². The lowest BCUT2D eigenvalue weighted by atomic mass is 10.1. The molecule has 1 aromatic carbocycles. The number of rotatable bonds is 8. The van der Waals surface area contributed by atoms with Crippen LogP contribution in [0.3, 0.4) is 0 Å². The molecular formula is C17H27ClOSi. The second kappa shape index (κ2) is 8.53. The predicted molar refractivity (Wildman–Crippen MR) is 91.8 cm³/mol. The summed E-state index contributed by atoms with van der Waals surface area (Å²) in [6, 6.07) is 11.7. The Labute approximate surface area is 130 Å². The SMILES string of the molecule is CC[Si](CC)(CC)O/C=C(\C)CCc1ccc(Cl)cc1. The number of hydrogen-bond acceptors (Lipinski definition) is 1. The molecule has 0 atom stereocenters. The third-order valence-electron chi connectivity index (χ3n) is 4.16. The third-order valence-corrected chi connectivity index (χ3v) is 8.90. The summed E-state index contributed by atoms with van der Waals surface area (Å²) in [6.07, 6.45) is 4.11. The van der Waals surface area contributed by atoms with Crippen molar-refractivity contribution >= 4 is 19.9 Å². The average Bonchev–Trinajstić information content (AvgIpc) is 2.48. The Morgan fingerprint density at radius 2 is 1.65 bits per heavy atom. The maximum Gasteiger partial charge on any atom is 0.249 e. The van der Waals surface area contributed by atoms with Crippen molar-refractivity contribution in [2.75, 3.05) is 0 Å². The van der Waals surface area contributed by atoms with E-state index >= 15 is 0 Å². The Hall–Kier alpha value is -0.733. The Morgan fingerprint density at radius 1 is 1.10 bits per heavy atom. The quantitative estimate of drug-likeness (QED) is 0.410. The molecule has 112 valence electrons. The zero-order valence-electron chi connectivity index (χ0n) is 13.2. The molecule has 0 aliphatic rings. The maximum atomic E-state index is 6.20. The predicted octanol–water partition coefficient (Wildman–Crippen LogP) is 6.20. The van der Waals surface area contributed by atoms with Crippen LogP contribution < -0.4 is 0 Å². The molecule has 1 nitrogen and oxygen atoms in total. The van der Waals surface area contributed by atoms with Crippen molar-refractivity contribution < 1.29 is 4.43 Å². The van der Waals surface area contributed by atoms with Gasteiger partial charge in [-0.3, -0.25) is 0 Å². The molecule has 0 heterocycles. The van der Waals surface area contributed by atoms with Gasteiger partial charge in [-0.15, -0.1) is 0 Å². The smallest absolute Gasteiger partial charge is 0.249 e. The van der Waals surface area contributed by atoms with E-state index in [2.05, 4.69) is 39.8 Å². The van der Waals surface area contributed by atoms with Gasteiger partial charge >= 0.3 is 0 Å². The molecule has 3 heteroatoms. The monoisotopic (exact) mass is 310 g/mol. The van der Waals surface area contributed by atoms with Crippen LogP contribution in [-0.2, 0) is 10.8 Å². The Morgan fingerprint density at radius 3 is 2.15 bits per heavy atom. The van der Waals surface area contributed by atoms with Crippen LogP contribution in [0.15, 0.2) is 36.1 Å². The van der Waals surface area contributed by atoms with Crippen LogP contribution in [-0.4, -0.2) is 8.32 Å². The van der Waals surface area contributed by atoms with E-state index in [9.17, 15) is 0 Å². The molecule has 0 saturated heterocycles. The summed E-state index contributed by atoms with van der Waals surface area (Å²) in [5.74, 6) is 0. The summed E-state index contributed by atoms with van der Waals surface area (Å²) >= 11 is 5.90. The summed E-state index contributed by atoms with van der Waals surface area (Å²) in [7, 11) is -1.49. The second-order valence-electron chi connectivity index (χ2n) is 5.45. The van der Waals surface area contributed by atoms with E-state index in [1.54, 1.807) is 0 Å². The molecule has 1 aromatic rings. The molecule has 0 radical (unpaired) electrons. The van der Waals surface area contributed by atoms with Gasteiger partial charge in [0.15, 0.2) is 0 Å². The minimum absolute atomic E-state index is 0.800. The zero-order chi connectivity index (χ0) is 15.0. The first-order valence-electron chi connectivity index (χ1n) is 7.63. The molecule has 20 heavy (non-hydrogen) atoms. The molecule has 0 N–H and O–H groups in total. The van der Waals surface area contributed by atoms with E-state index in [1.807, 2.05) is 18.4 Å². The van der Waals surface area contributed by atoms with Gasteiger partial charge in [-0.1, -0.05) is 44.5 Å². The lowest BCUT2D eigenvalue weighted by molar-refractivity contribution is 0.450. The van der Waals surface area contributed by atoms with Crippen molar-refractivity contribution in [3.63, 3.8) is 0 Å². The molecule has 0 saturated carbocycles. The number of benzene rings is 1. The second-order valence-corrected chi connectivity index (χ2v) is 10.6. The van der Waals surface area contributed by atoms with Gasteiger partial charge in [-0.05, 0) is 61.2 Å². The van der Waals surface area contributed by atoms with Gasteiger partial charge in [0.1, 0.15) is 0 Å². The van der Waals surface area contributed by atoms with Crippen molar-refractivity contribution in [1.29, 1.82) is 0 Å². The number of aryl methyl sites for hydroxylation is 1. The molecule has 0 amide bonds. The first-order valence-corrected chi connectivity index (χ1v) is 10.5. The van der Waals surface area contributed by atoms with Gasteiger partial charge in [0.25, 0.3) is 0 Å². The normalized spacial score (nSPS) is 12.6.